The number of phenolic OH excluding ortho intramolecular Hbond substituents is 1. The molecule has 26 heavy (non-hydrogen) atoms. The molecule has 0 saturated carbocycles. The van der Waals surface area contributed by atoms with Crippen LogP contribution in [-0.2, 0) is 21.1 Å². The minimum atomic E-state index is -3.06. The number of aryl methyl sites for hydroxylation is 1. The number of hydrogen-bond donors (Lipinski definition) is 1. The van der Waals surface area contributed by atoms with Gasteiger partial charge in [0, 0.05) is 36.5 Å². The molecule has 2 aromatic rings. The highest BCUT2D eigenvalue weighted by Gasteiger charge is 2.32. The molecule has 2 heterocycles. The van der Waals surface area contributed by atoms with E-state index in [4.69, 9.17) is 4.42 Å². The number of nitrogens with zero attached hydrogens (tertiary/aromatic N) is 1. The monoisotopic (exact) mass is 379 g/mol. The lowest BCUT2D eigenvalue weighted by Crippen LogP contribution is -2.38. The second-order valence-electron chi connectivity index (χ2n) is 6.74. The number of phenols is 1. The maximum atomic E-state index is 12.4. The van der Waals surface area contributed by atoms with Crippen LogP contribution in [0.4, 0.5) is 0 Å². The van der Waals surface area contributed by atoms with Gasteiger partial charge in [-0.15, -0.1) is 0 Å². The van der Waals surface area contributed by atoms with Gasteiger partial charge in [-0.3, -0.25) is 4.79 Å². The Morgan fingerprint density at radius 2 is 2.12 bits per heavy atom. The first-order valence-corrected chi connectivity index (χ1v) is 10.2. The minimum Gasteiger partial charge on any atom is -0.508 e. The average molecular weight is 379 g/mol. The van der Waals surface area contributed by atoms with Crippen molar-refractivity contribution in [1.82, 2.24) is 4.90 Å². The van der Waals surface area contributed by atoms with Crippen LogP contribution in [0.1, 0.15) is 24.0 Å². The van der Waals surface area contributed by atoms with Gasteiger partial charge in [0.05, 0.1) is 11.5 Å². The summed E-state index contributed by atoms with van der Waals surface area (Å²) in [6, 6.07) is 4.26. The molecule has 1 amide bonds. The van der Waals surface area contributed by atoms with E-state index in [1.165, 1.54) is 17.0 Å². The first kappa shape index (κ1) is 18.4. The first-order chi connectivity index (χ1) is 12.2. The molecular weight excluding hydrogens is 358 g/mol. The summed E-state index contributed by atoms with van der Waals surface area (Å²) in [7, 11) is -1.46. The molecular formula is C18H21NO6S. The Morgan fingerprint density at radius 3 is 2.77 bits per heavy atom. The fraction of sp³-hybridized carbons (Fsp3) is 0.444. The van der Waals surface area contributed by atoms with E-state index in [1.54, 1.807) is 20.0 Å². The van der Waals surface area contributed by atoms with E-state index in [2.05, 4.69) is 0 Å². The van der Waals surface area contributed by atoms with Crippen molar-refractivity contribution >= 4 is 26.7 Å². The number of rotatable bonds is 4. The van der Waals surface area contributed by atoms with Gasteiger partial charge in [-0.25, -0.2) is 13.2 Å². The molecule has 1 aromatic heterocycles. The van der Waals surface area contributed by atoms with Gasteiger partial charge < -0.3 is 14.4 Å². The molecule has 0 aliphatic carbocycles. The zero-order valence-electron chi connectivity index (χ0n) is 14.7. The SMILES string of the molecule is Cc1c(CCC(=O)N(C)[C@@H]2CCS(=O)(=O)C2)c(=O)oc2cc(O)ccc12. The van der Waals surface area contributed by atoms with Gasteiger partial charge in [-0.2, -0.15) is 0 Å². The topological polar surface area (TPSA) is 105 Å². The third kappa shape index (κ3) is 3.60. The number of benzene rings is 1. The Labute approximate surface area is 151 Å². The van der Waals surface area contributed by atoms with Gasteiger partial charge in [0.2, 0.25) is 5.91 Å². The van der Waals surface area contributed by atoms with Gasteiger partial charge in [0.1, 0.15) is 11.3 Å². The van der Waals surface area contributed by atoms with Gasteiger partial charge in [0.25, 0.3) is 0 Å². The fourth-order valence-electron chi connectivity index (χ4n) is 3.36. The summed E-state index contributed by atoms with van der Waals surface area (Å²) in [5.74, 6) is -0.0846. The highest BCUT2D eigenvalue weighted by atomic mass is 32.2. The quantitative estimate of drug-likeness (QED) is 0.805. The fourth-order valence-corrected chi connectivity index (χ4v) is 5.14. The van der Waals surface area contributed by atoms with Crippen molar-refractivity contribution in [2.75, 3.05) is 18.6 Å². The summed E-state index contributed by atoms with van der Waals surface area (Å²) in [4.78, 5) is 26.1. The van der Waals surface area contributed by atoms with Crippen LogP contribution in [0.3, 0.4) is 0 Å². The molecule has 8 heteroatoms. The predicted octanol–water partition coefficient (Wildman–Crippen LogP) is 1.39. The van der Waals surface area contributed by atoms with Crippen LogP contribution in [0.25, 0.3) is 11.0 Å². The number of carbonyl (C=O) groups excluding carboxylic acids is 1. The van der Waals surface area contributed by atoms with E-state index in [1.807, 2.05) is 0 Å². The molecule has 1 fully saturated rings. The molecule has 0 radical (unpaired) electrons. The van der Waals surface area contributed by atoms with Crippen LogP contribution in [-0.4, -0.2) is 48.9 Å². The van der Waals surface area contributed by atoms with E-state index in [0.717, 1.165) is 5.56 Å². The maximum absolute atomic E-state index is 12.4. The average Bonchev–Trinajstić information content (AvgIpc) is 2.93. The molecule has 1 aliphatic heterocycles. The van der Waals surface area contributed by atoms with Crippen LogP contribution in [0.15, 0.2) is 27.4 Å². The second-order valence-corrected chi connectivity index (χ2v) is 8.96. The summed E-state index contributed by atoms with van der Waals surface area (Å²) >= 11 is 0. The molecule has 1 N–H and O–H groups in total. The van der Waals surface area contributed by atoms with Crippen LogP contribution in [0.5, 0.6) is 5.75 Å². The van der Waals surface area contributed by atoms with Gasteiger partial charge in [-0.05, 0) is 37.5 Å². The van der Waals surface area contributed by atoms with Crippen molar-refractivity contribution in [2.24, 2.45) is 0 Å². The predicted molar refractivity (Wildman–Crippen MR) is 97.0 cm³/mol. The Hall–Kier alpha value is -2.35. The molecule has 140 valence electrons. The highest BCUT2D eigenvalue weighted by molar-refractivity contribution is 7.91. The van der Waals surface area contributed by atoms with Crippen LogP contribution in [0.2, 0.25) is 0 Å². The lowest BCUT2D eigenvalue weighted by molar-refractivity contribution is -0.131. The summed E-state index contributed by atoms with van der Waals surface area (Å²) < 4.78 is 28.4. The minimum absolute atomic E-state index is 0.00409. The van der Waals surface area contributed by atoms with E-state index >= 15 is 0 Å². The van der Waals surface area contributed by atoms with Crippen LogP contribution in [0, 0.1) is 6.92 Å². The van der Waals surface area contributed by atoms with E-state index in [9.17, 15) is 23.1 Å². The van der Waals surface area contributed by atoms with Gasteiger partial charge in [0.15, 0.2) is 9.84 Å². The molecule has 0 unspecified atom stereocenters. The smallest absolute Gasteiger partial charge is 0.339 e. The molecule has 1 atom stereocenters. The van der Waals surface area contributed by atoms with Crippen molar-refractivity contribution in [3.63, 3.8) is 0 Å². The van der Waals surface area contributed by atoms with Gasteiger partial charge in [-0.1, -0.05) is 0 Å². The molecule has 0 bridgehead atoms. The van der Waals surface area contributed by atoms with E-state index in [0.29, 0.717) is 23.0 Å². The number of sulfone groups is 1. The van der Waals surface area contributed by atoms with Crippen LogP contribution >= 0.6 is 0 Å². The molecule has 0 spiro atoms. The largest absolute Gasteiger partial charge is 0.508 e. The molecule has 3 rings (SSSR count). The Bertz CT molecular complexity index is 1020. The zero-order valence-corrected chi connectivity index (χ0v) is 15.5. The summed E-state index contributed by atoms with van der Waals surface area (Å²) in [6.45, 7) is 1.78. The second kappa shape index (κ2) is 6.75. The maximum Gasteiger partial charge on any atom is 0.339 e. The van der Waals surface area contributed by atoms with E-state index in [-0.39, 0.29) is 42.0 Å². The normalized spacial score (nSPS) is 18.9. The van der Waals surface area contributed by atoms with E-state index < -0.39 is 15.5 Å². The Balaban J connectivity index is 1.76. The van der Waals surface area contributed by atoms with Crippen molar-refractivity contribution < 1.29 is 22.7 Å². The summed E-state index contributed by atoms with van der Waals surface area (Å²) in [5, 5.41) is 10.2. The summed E-state index contributed by atoms with van der Waals surface area (Å²) in [6.07, 6.45) is 0.765. The third-order valence-electron chi connectivity index (χ3n) is 5.01. The number of aromatic hydroxyl groups is 1. The first-order valence-electron chi connectivity index (χ1n) is 8.39. The lowest BCUT2D eigenvalue weighted by atomic mass is 10.0. The molecule has 1 aromatic carbocycles. The van der Waals surface area contributed by atoms with Crippen molar-refractivity contribution in [3.05, 3.63) is 39.7 Å². The molecule has 1 saturated heterocycles. The van der Waals surface area contributed by atoms with Crippen molar-refractivity contribution in [3.8, 4) is 5.75 Å². The molecule has 7 nitrogen and oxygen atoms in total. The van der Waals surface area contributed by atoms with Crippen LogP contribution < -0.4 is 5.63 Å². The number of amides is 1. The zero-order chi connectivity index (χ0) is 19.1. The number of fused-ring (bicyclic) bond motifs is 1. The number of carbonyl (C=O) groups is 1. The van der Waals surface area contributed by atoms with Crippen molar-refractivity contribution in [1.29, 1.82) is 0 Å². The van der Waals surface area contributed by atoms with Crippen molar-refractivity contribution in [2.45, 2.75) is 32.2 Å². The molecule has 1 aliphatic rings. The Kier molecular flexibility index (Phi) is 4.79. The van der Waals surface area contributed by atoms with Gasteiger partial charge >= 0.3 is 5.63 Å². The number of hydrogen-bond acceptors (Lipinski definition) is 6. The summed E-state index contributed by atoms with van der Waals surface area (Å²) in [5.41, 5.74) is 0.912. The standard InChI is InChI=1S/C18H21NO6S/c1-11-14-4-3-13(20)9-16(14)25-18(22)15(11)5-6-17(21)19(2)12-7-8-26(23,24)10-12/h3-4,9,12,20H,5-8,10H2,1-2H3/t12-/m1/s1. The Morgan fingerprint density at radius 1 is 1.38 bits per heavy atom. The third-order valence-corrected chi connectivity index (χ3v) is 6.76. The highest BCUT2D eigenvalue weighted by Crippen LogP contribution is 2.24. The lowest BCUT2D eigenvalue weighted by Gasteiger charge is -2.23.